The first-order chi connectivity index (χ1) is 23.0. The number of fused-ring (bicyclic) bond motifs is 4. The van der Waals surface area contributed by atoms with E-state index in [4.69, 9.17) is 14.0 Å². The van der Waals surface area contributed by atoms with Gasteiger partial charge in [0.2, 0.25) is 17.6 Å². The number of amides is 4. The van der Waals surface area contributed by atoms with Crippen LogP contribution in [0.2, 0.25) is 0 Å². The quantitative estimate of drug-likeness (QED) is 0.305. The SMILES string of the molecule is COc1ccc2cc1OCc1cn(nn1)CCCN(C(=O)c1ccno1)CCCCNC(=O)[C@H]([C@@H](C)O)NC(=O)[C@@H](CC(C)C)NC2=O. The Kier molecular flexibility index (Phi) is 12.9. The summed E-state index contributed by atoms with van der Waals surface area (Å²) in [4.78, 5) is 54.6. The fraction of sp³-hybridized carbons (Fsp3) is 0.531. The van der Waals surface area contributed by atoms with Gasteiger partial charge in [-0.3, -0.25) is 23.9 Å². The predicted molar refractivity (Wildman–Crippen MR) is 171 cm³/mol. The number of aliphatic hydroxyl groups excluding tert-OH is 1. The van der Waals surface area contributed by atoms with Crippen LogP contribution < -0.4 is 25.4 Å². The van der Waals surface area contributed by atoms with Crippen molar-refractivity contribution in [2.75, 3.05) is 26.7 Å². The number of aromatic nitrogens is 4. The summed E-state index contributed by atoms with van der Waals surface area (Å²) in [5.41, 5.74) is 0.763. The van der Waals surface area contributed by atoms with Crippen LogP contribution in [-0.4, -0.2) is 98.7 Å². The molecule has 16 nitrogen and oxygen atoms in total. The Balaban J connectivity index is 1.57. The summed E-state index contributed by atoms with van der Waals surface area (Å²) in [5.74, 6) is -1.20. The number of aliphatic hydroxyl groups is 1. The Morgan fingerprint density at radius 1 is 1.06 bits per heavy atom. The molecule has 4 rings (SSSR count). The first-order valence-electron chi connectivity index (χ1n) is 16.0. The van der Waals surface area contributed by atoms with Gasteiger partial charge in [-0.1, -0.05) is 24.2 Å². The molecule has 0 saturated heterocycles. The van der Waals surface area contributed by atoms with E-state index in [9.17, 15) is 24.3 Å². The van der Waals surface area contributed by atoms with E-state index in [0.717, 1.165) is 0 Å². The predicted octanol–water partition coefficient (Wildman–Crippen LogP) is 1.31. The van der Waals surface area contributed by atoms with Gasteiger partial charge in [0.05, 0.1) is 25.6 Å². The third kappa shape index (κ3) is 10.0. The molecule has 0 aliphatic carbocycles. The lowest BCUT2D eigenvalue weighted by Gasteiger charge is -2.26. The van der Waals surface area contributed by atoms with E-state index in [-0.39, 0.29) is 48.5 Å². The van der Waals surface area contributed by atoms with Gasteiger partial charge in [0, 0.05) is 37.8 Å². The molecule has 16 heteroatoms. The van der Waals surface area contributed by atoms with Crippen molar-refractivity contribution in [2.24, 2.45) is 5.92 Å². The molecule has 0 radical (unpaired) electrons. The molecule has 48 heavy (non-hydrogen) atoms. The first kappa shape index (κ1) is 35.9. The second-order valence-electron chi connectivity index (χ2n) is 12.0. The van der Waals surface area contributed by atoms with Crippen LogP contribution in [0.5, 0.6) is 11.5 Å². The number of nitrogens with zero attached hydrogens (tertiary/aromatic N) is 5. The summed E-state index contributed by atoms with van der Waals surface area (Å²) in [6.45, 7) is 6.76. The lowest BCUT2D eigenvalue weighted by atomic mass is 10.0. The summed E-state index contributed by atoms with van der Waals surface area (Å²) in [7, 11) is 1.48. The number of benzene rings is 1. The van der Waals surface area contributed by atoms with Gasteiger partial charge in [-0.25, -0.2) is 0 Å². The van der Waals surface area contributed by atoms with Crippen molar-refractivity contribution >= 4 is 23.6 Å². The van der Waals surface area contributed by atoms with Gasteiger partial charge in [-0.15, -0.1) is 5.10 Å². The molecule has 3 atom stereocenters. The molecule has 4 N–H and O–H groups in total. The minimum atomic E-state index is -1.25. The van der Waals surface area contributed by atoms with Gasteiger partial charge < -0.3 is 40.0 Å². The normalized spacial score (nSPS) is 19.7. The highest BCUT2D eigenvalue weighted by atomic mass is 16.5. The molecule has 2 aromatic heterocycles. The number of hydrogen-bond acceptors (Lipinski definition) is 11. The van der Waals surface area contributed by atoms with Crippen LogP contribution in [0.1, 0.15) is 73.1 Å². The van der Waals surface area contributed by atoms with Crippen molar-refractivity contribution < 1.29 is 38.3 Å². The van der Waals surface area contributed by atoms with Crippen LogP contribution in [0, 0.1) is 5.92 Å². The van der Waals surface area contributed by atoms with E-state index in [1.165, 1.54) is 32.4 Å². The molecule has 3 heterocycles. The van der Waals surface area contributed by atoms with E-state index in [2.05, 4.69) is 31.4 Å². The molecule has 1 aromatic carbocycles. The second kappa shape index (κ2) is 17.2. The molecule has 4 bridgehead atoms. The van der Waals surface area contributed by atoms with Crippen molar-refractivity contribution in [2.45, 2.75) is 77.8 Å². The number of aryl methyl sites for hydroxylation is 1. The molecule has 0 spiro atoms. The summed E-state index contributed by atoms with van der Waals surface area (Å²) >= 11 is 0. The fourth-order valence-electron chi connectivity index (χ4n) is 5.17. The average Bonchev–Trinajstić information content (AvgIpc) is 3.76. The van der Waals surface area contributed by atoms with Crippen molar-refractivity contribution in [1.29, 1.82) is 0 Å². The highest BCUT2D eigenvalue weighted by Crippen LogP contribution is 2.29. The van der Waals surface area contributed by atoms with Gasteiger partial charge in [0.25, 0.3) is 11.8 Å². The zero-order valence-electron chi connectivity index (χ0n) is 27.7. The lowest BCUT2D eigenvalue weighted by molar-refractivity contribution is -0.132. The maximum Gasteiger partial charge on any atom is 0.292 e. The number of ether oxygens (including phenoxy) is 2. The van der Waals surface area contributed by atoms with Gasteiger partial charge in [0.15, 0.2) is 11.5 Å². The molecule has 1 aliphatic rings. The third-order valence-corrected chi connectivity index (χ3v) is 7.68. The van der Waals surface area contributed by atoms with Gasteiger partial charge in [-0.05, 0) is 56.7 Å². The standard InChI is InChI=1S/C32H44N8O8/c1-20(2)16-24-30(43)36-28(21(3)41)31(44)33-11-5-6-13-39(32(45)26-10-12-34-48-26)14-7-15-40-18-23(37-38-40)19-47-27-17-22(29(42)35-24)8-9-25(27)46-4/h8-10,12,17-18,20-21,24,28,41H,5-7,11,13-16,19H2,1-4H3,(H,33,44)(H,35,42)(H,36,43)/t21-,24-,28+/m1/s1. The molecule has 4 amide bonds. The monoisotopic (exact) mass is 668 g/mol. The molecule has 0 saturated carbocycles. The minimum Gasteiger partial charge on any atom is -0.493 e. The van der Waals surface area contributed by atoms with Gasteiger partial charge in [0.1, 0.15) is 24.4 Å². The zero-order chi connectivity index (χ0) is 34.6. The Morgan fingerprint density at radius 3 is 2.56 bits per heavy atom. The zero-order valence-corrected chi connectivity index (χ0v) is 27.7. The van der Waals surface area contributed by atoms with Crippen LogP contribution in [0.4, 0.5) is 0 Å². The highest BCUT2D eigenvalue weighted by molar-refractivity contribution is 5.99. The molecule has 260 valence electrons. The van der Waals surface area contributed by atoms with Gasteiger partial charge >= 0.3 is 0 Å². The third-order valence-electron chi connectivity index (χ3n) is 7.68. The summed E-state index contributed by atoms with van der Waals surface area (Å²) in [6, 6.07) is 3.90. The van der Waals surface area contributed by atoms with Crippen LogP contribution in [0.25, 0.3) is 0 Å². The number of carbonyl (C=O) groups excluding carboxylic acids is 4. The Labute approximate surface area is 278 Å². The van der Waals surface area contributed by atoms with Crippen molar-refractivity contribution in [3.8, 4) is 11.5 Å². The topological polar surface area (TPSA) is 203 Å². The van der Waals surface area contributed by atoms with Crippen molar-refractivity contribution in [3.05, 3.63) is 53.7 Å². The first-order valence-corrected chi connectivity index (χ1v) is 16.0. The Morgan fingerprint density at radius 2 is 1.85 bits per heavy atom. The number of hydrogen-bond donors (Lipinski definition) is 4. The Bertz CT molecular complexity index is 1520. The maximum atomic E-state index is 13.4. The summed E-state index contributed by atoms with van der Waals surface area (Å²) < 4.78 is 18.1. The van der Waals surface area contributed by atoms with Gasteiger partial charge in [-0.2, -0.15) is 0 Å². The second-order valence-corrected chi connectivity index (χ2v) is 12.0. The van der Waals surface area contributed by atoms with Crippen LogP contribution in [-0.2, 0) is 22.7 Å². The van der Waals surface area contributed by atoms with E-state index < -0.39 is 35.9 Å². The fourth-order valence-corrected chi connectivity index (χ4v) is 5.17. The van der Waals surface area contributed by atoms with E-state index in [0.29, 0.717) is 50.3 Å². The highest BCUT2D eigenvalue weighted by Gasteiger charge is 2.30. The summed E-state index contributed by atoms with van der Waals surface area (Å²) in [6.07, 6.45) is 3.87. The minimum absolute atomic E-state index is 0.0189. The smallest absolute Gasteiger partial charge is 0.292 e. The molecule has 3 aromatic rings. The number of methoxy groups -OCH3 is 1. The number of carbonyl (C=O) groups is 4. The van der Waals surface area contributed by atoms with Crippen LogP contribution in [0.15, 0.2) is 41.2 Å². The number of rotatable bonds is 5. The van der Waals surface area contributed by atoms with Crippen LogP contribution >= 0.6 is 0 Å². The number of nitrogens with one attached hydrogen (secondary N) is 3. The largest absolute Gasteiger partial charge is 0.493 e. The Hall–Kier alpha value is -4.99. The van der Waals surface area contributed by atoms with E-state index >= 15 is 0 Å². The summed E-state index contributed by atoms with van der Waals surface area (Å²) in [5, 5.41) is 30.5. The average molecular weight is 669 g/mol. The van der Waals surface area contributed by atoms with E-state index in [1.54, 1.807) is 27.9 Å². The lowest BCUT2D eigenvalue weighted by Crippen LogP contribution is -2.57. The van der Waals surface area contributed by atoms with Crippen molar-refractivity contribution in [3.63, 3.8) is 0 Å². The van der Waals surface area contributed by atoms with Crippen molar-refractivity contribution in [1.82, 2.24) is 41.0 Å². The molecule has 0 fully saturated rings. The van der Waals surface area contributed by atoms with Crippen LogP contribution in [0.3, 0.4) is 0 Å². The molecular weight excluding hydrogens is 624 g/mol. The van der Waals surface area contributed by atoms with E-state index in [1.807, 2.05) is 13.8 Å². The molecule has 0 unspecified atom stereocenters. The maximum absolute atomic E-state index is 13.4. The molecule has 1 aliphatic heterocycles. The molecular formula is C32H44N8O8.